The number of hydrogen-bond acceptors (Lipinski definition) is 3. The zero-order chi connectivity index (χ0) is 12.7. The van der Waals surface area contributed by atoms with Gasteiger partial charge in [0.1, 0.15) is 5.69 Å². The SMILES string of the molecule is CC1(NC(=O)c2cnc(C(C)(C)C)cn2)CC1. The first-order valence-corrected chi connectivity index (χ1v) is 5.95. The van der Waals surface area contributed by atoms with Crippen LogP contribution in [0.3, 0.4) is 0 Å². The van der Waals surface area contributed by atoms with Gasteiger partial charge in [0.25, 0.3) is 5.91 Å². The van der Waals surface area contributed by atoms with Crippen molar-refractivity contribution in [2.24, 2.45) is 0 Å². The average molecular weight is 233 g/mol. The van der Waals surface area contributed by atoms with Gasteiger partial charge in [-0.3, -0.25) is 9.78 Å². The van der Waals surface area contributed by atoms with E-state index in [4.69, 9.17) is 0 Å². The summed E-state index contributed by atoms with van der Waals surface area (Å²) in [7, 11) is 0. The number of rotatable bonds is 2. The molecule has 4 nitrogen and oxygen atoms in total. The third-order valence-electron chi connectivity index (χ3n) is 3.07. The van der Waals surface area contributed by atoms with E-state index in [1.807, 2.05) is 6.92 Å². The highest BCUT2D eigenvalue weighted by Crippen LogP contribution is 2.34. The van der Waals surface area contributed by atoms with Crippen molar-refractivity contribution in [3.05, 3.63) is 23.8 Å². The molecule has 0 saturated heterocycles. The number of carbonyl (C=O) groups excluding carboxylic acids is 1. The number of nitrogens with zero attached hydrogens (tertiary/aromatic N) is 2. The first-order valence-electron chi connectivity index (χ1n) is 5.95. The maximum atomic E-state index is 11.8. The molecule has 0 aliphatic heterocycles. The molecule has 0 aromatic carbocycles. The van der Waals surface area contributed by atoms with Gasteiger partial charge < -0.3 is 5.32 Å². The summed E-state index contributed by atoms with van der Waals surface area (Å²) in [4.78, 5) is 20.3. The maximum Gasteiger partial charge on any atom is 0.271 e. The molecule has 0 unspecified atom stereocenters. The summed E-state index contributed by atoms with van der Waals surface area (Å²) in [6.45, 7) is 8.26. The molecule has 1 N–H and O–H groups in total. The van der Waals surface area contributed by atoms with Crippen molar-refractivity contribution < 1.29 is 4.79 Å². The Kier molecular flexibility index (Phi) is 2.68. The molecule has 0 spiro atoms. The Morgan fingerprint density at radius 2 is 1.94 bits per heavy atom. The lowest BCUT2D eigenvalue weighted by Crippen LogP contribution is -2.34. The maximum absolute atomic E-state index is 11.8. The van der Waals surface area contributed by atoms with Crippen LogP contribution in [-0.2, 0) is 5.41 Å². The molecule has 1 aliphatic carbocycles. The molecular formula is C13H19N3O. The fraction of sp³-hybridized carbons (Fsp3) is 0.615. The third-order valence-corrected chi connectivity index (χ3v) is 3.07. The minimum atomic E-state index is -0.127. The lowest BCUT2D eigenvalue weighted by molar-refractivity contribution is 0.0930. The van der Waals surface area contributed by atoms with Crippen LogP contribution >= 0.6 is 0 Å². The van der Waals surface area contributed by atoms with Gasteiger partial charge >= 0.3 is 0 Å². The number of hydrogen-bond donors (Lipinski definition) is 1. The van der Waals surface area contributed by atoms with Crippen LogP contribution in [0.2, 0.25) is 0 Å². The molecule has 1 aromatic rings. The molecule has 1 saturated carbocycles. The Morgan fingerprint density at radius 3 is 2.35 bits per heavy atom. The lowest BCUT2D eigenvalue weighted by atomic mass is 9.93. The van der Waals surface area contributed by atoms with Crippen LogP contribution in [0.25, 0.3) is 0 Å². The molecule has 0 atom stereocenters. The van der Waals surface area contributed by atoms with Gasteiger partial charge in [-0.05, 0) is 19.8 Å². The van der Waals surface area contributed by atoms with Gasteiger partial charge in [-0.15, -0.1) is 0 Å². The van der Waals surface area contributed by atoms with Gasteiger partial charge in [-0.1, -0.05) is 20.8 Å². The van der Waals surface area contributed by atoms with Gasteiger partial charge in [0.05, 0.1) is 11.9 Å². The van der Waals surface area contributed by atoms with Crippen molar-refractivity contribution in [2.45, 2.75) is 51.5 Å². The van der Waals surface area contributed by atoms with E-state index in [1.54, 1.807) is 12.4 Å². The summed E-state index contributed by atoms with van der Waals surface area (Å²) in [6, 6.07) is 0. The van der Waals surface area contributed by atoms with Crippen LogP contribution in [-0.4, -0.2) is 21.4 Å². The highest BCUT2D eigenvalue weighted by molar-refractivity contribution is 5.92. The smallest absolute Gasteiger partial charge is 0.271 e. The predicted octanol–water partition coefficient (Wildman–Crippen LogP) is 2.06. The molecule has 1 heterocycles. The lowest BCUT2D eigenvalue weighted by Gasteiger charge is -2.17. The monoisotopic (exact) mass is 233 g/mol. The van der Waals surface area contributed by atoms with Crippen molar-refractivity contribution in [2.75, 3.05) is 0 Å². The highest BCUT2D eigenvalue weighted by Gasteiger charge is 2.39. The third kappa shape index (κ3) is 2.81. The van der Waals surface area contributed by atoms with Crippen LogP contribution in [0, 0.1) is 0 Å². The zero-order valence-electron chi connectivity index (χ0n) is 10.9. The molecule has 17 heavy (non-hydrogen) atoms. The van der Waals surface area contributed by atoms with Crippen LogP contribution in [0.1, 0.15) is 56.7 Å². The minimum Gasteiger partial charge on any atom is -0.345 e. The molecule has 1 amide bonds. The van der Waals surface area contributed by atoms with Crippen LogP contribution < -0.4 is 5.32 Å². The van der Waals surface area contributed by atoms with Crippen molar-refractivity contribution in [3.63, 3.8) is 0 Å². The standard InChI is InChI=1S/C13H19N3O/c1-12(2,3)10-8-14-9(7-15-10)11(17)16-13(4)5-6-13/h7-8H,5-6H2,1-4H3,(H,16,17). The Labute approximate surface area is 102 Å². The quantitative estimate of drug-likeness (QED) is 0.850. The van der Waals surface area contributed by atoms with Crippen LogP contribution in [0.4, 0.5) is 0 Å². The summed E-state index contributed by atoms with van der Waals surface area (Å²) in [5.74, 6) is -0.127. The number of aromatic nitrogens is 2. The van der Waals surface area contributed by atoms with E-state index in [0.717, 1.165) is 18.5 Å². The largest absolute Gasteiger partial charge is 0.345 e. The summed E-state index contributed by atoms with van der Waals surface area (Å²) in [5, 5.41) is 2.96. The number of nitrogens with one attached hydrogen (secondary N) is 1. The average Bonchev–Trinajstić information content (AvgIpc) is 2.95. The number of amides is 1. The first-order chi connectivity index (χ1) is 7.80. The summed E-state index contributed by atoms with van der Waals surface area (Å²) < 4.78 is 0. The Hall–Kier alpha value is -1.45. The molecule has 2 rings (SSSR count). The molecule has 4 heteroatoms. The molecule has 0 radical (unpaired) electrons. The Bertz CT molecular complexity index is 427. The van der Waals surface area contributed by atoms with Crippen molar-refractivity contribution in [3.8, 4) is 0 Å². The highest BCUT2D eigenvalue weighted by atomic mass is 16.2. The van der Waals surface area contributed by atoms with Crippen molar-refractivity contribution in [1.29, 1.82) is 0 Å². The number of carbonyl (C=O) groups is 1. The molecule has 92 valence electrons. The van der Waals surface area contributed by atoms with E-state index in [2.05, 4.69) is 36.1 Å². The topological polar surface area (TPSA) is 54.9 Å². The van der Waals surface area contributed by atoms with Gasteiger partial charge in [0.15, 0.2) is 0 Å². The van der Waals surface area contributed by atoms with E-state index in [9.17, 15) is 4.79 Å². The normalized spacial score (nSPS) is 17.6. The molecule has 1 fully saturated rings. The molecule has 1 aliphatic rings. The van der Waals surface area contributed by atoms with E-state index in [-0.39, 0.29) is 16.9 Å². The van der Waals surface area contributed by atoms with Gasteiger partial charge in [0, 0.05) is 17.2 Å². The fourth-order valence-corrected chi connectivity index (χ4v) is 1.48. The van der Waals surface area contributed by atoms with Crippen LogP contribution in [0.5, 0.6) is 0 Å². The summed E-state index contributed by atoms with van der Waals surface area (Å²) in [5.41, 5.74) is 1.24. The van der Waals surface area contributed by atoms with Gasteiger partial charge in [-0.2, -0.15) is 0 Å². The van der Waals surface area contributed by atoms with Crippen molar-refractivity contribution in [1.82, 2.24) is 15.3 Å². The Balaban J connectivity index is 2.10. The molecule has 0 bridgehead atoms. The second kappa shape index (κ2) is 3.79. The fourth-order valence-electron chi connectivity index (χ4n) is 1.48. The summed E-state index contributed by atoms with van der Waals surface area (Å²) in [6.07, 6.45) is 5.34. The molecular weight excluding hydrogens is 214 g/mol. The van der Waals surface area contributed by atoms with Crippen LogP contribution in [0.15, 0.2) is 12.4 Å². The minimum absolute atomic E-state index is 0.0124. The second-order valence-corrected chi connectivity index (χ2v) is 6.05. The van der Waals surface area contributed by atoms with Gasteiger partial charge in [0.2, 0.25) is 0 Å². The van der Waals surface area contributed by atoms with E-state index in [1.165, 1.54) is 0 Å². The van der Waals surface area contributed by atoms with E-state index >= 15 is 0 Å². The molecule has 1 aromatic heterocycles. The Morgan fingerprint density at radius 1 is 1.29 bits per heavy atom. The second-order valence-electron chi connectivity index (χ2n) is 6.05. The first kappa shape index (κ1) is 12.0. The van der Waals surface area contributed by atoms with E-state index < -0.39 is 0 Å². The van der Waals surface area contributed by atoms with Gasteiger partial charge in [-0.25, -0.2) is 4.98 Å². The van der Waals surface area contributed by atoms with Crippen molar-refractivity contribution >= 4 is 5.91 Å². The zero-order valence-corrected chi connectivity index (χ0v) is 10.9. The summed E-state index contributed by atoms with van der Waals surface area (Å²) >= 11 is 0. The predicted molar refractivity (Wildman–Crippen MR) is 65.8 cm³/mol. The van der Waals surface area contributed by atoms with E-state index in [0.29, 0.717) is 5.69 Å².